The molecule has 0 amide bonds. The van der Waals surface area contributed by atoms with Crippen LogP contribution in [0.25, 0.3) is 0 Å². The summed E-state index contributed by atoms with van der Waals surface area (Å²) in [6.07, 6.45) is 1.63. The van der Waals surface area contributed by atoms with E-state index in [-0.39, 0.29) is 0 Å². The number of aryl methyl sites for hydroxylation is 1. The minimum absolute atomic E-state index is 0.505. The molecular weight excluding hydrogens is 272 g/mol. The summed E-state index contributed by atoms with van der Waals surface area (Å²) in [5.74, 6) is 0.505. The maximum atomic E-state index is 9.05. The van der Waals surface area contributed by atoms with Gasteiger partial charge < -0.3 is 9.77 Å². The van der Waals surface area contributed by atoms with Crippen LogP contribution in [0.3, 0.4) is 0 Å². The second-order valence-corrected chi connectivity index (χ2v) is 4.95. The maximum Gasteiger partial charge on any atom is 0.191 e. The van der Waals surface area contributed by atoms with Gasteiger partial charge in [0, 0.05) is 23.4 Å². The fourth-order valence-corrected chi connectivity index (χ4v) is 2.32. The third kappa shape index (κ3) is 3.02. The minimum Gasteiger partial charge on any atom is -0.411 e. The topological polar surface area (TPSA) is 63.3 Å². The average Bonchev–Trinajstić information content (AvgIpc) is 2.78. The molecule has 5 nitrogen and oxygen atoms in total. The van der Waals surface area contributed by atoms with Gasteiger partial charge in [-0.3, -0.25) is 0 Å². The second-order valence-electron chi connectivity index (χ2n) is 3.57. The number of nitrogens with zero attached hydrogens (tertiary/aromatic N) is 4. The molecule has 0 bridgehead atoms. The standard InChI is InChI=1S/C11H11ClN4OS/c1-16-7-13-14-11(16)18-6-10(15-17)8-2-4-9(12)5-3-8/h2-5,7,17H,6H2,1H3/b15-10-. The van der Waals surface area contributed by atoms with E-state index < -0.39 is 0 Å². The summed E-state index contributed by atoms with van der Waals surface area (Å²) in [4.78, 5) is 0. The molecule has 94 valence electrons. The van der Waals surface area contributed by atoms with Crippen LogP contribution in [0.1, 0.15) is 5.56 Å². The van der Waals surface area contributed by atoms with Gasteiger partial charge in [-0.1, -0.05) is 40.7 Å². The Labute approximate surface area is 113 Å². The van der Waals surface area contributed by atoms with E-state index in [0.29, 0.717) is 16.5 Å². The molecule has 0 aliphatic heterocycles. The number of hydrogen-bond donors (Lipinski definition) is 1. The molecule has 0 atom stereocenters. The Morgan fingerprint density at radius 2 is 2.17 bits per heavy atom. The zero-order valence-electron chi connectivity index (χ0n) is 9.62. The lowest BCUT2D eigenvalue weighted by molar-refractivity contribution is 0.319. The summed E-state index contributed by atoms with van der Waals surface area (Å²) in [6.45, 7) is 0. The highest BCUT2D eigenvalue weighted by Crippen LogP contribution is 2.17. The molecule has 1 aromatic carbocycles. The molecule has 0 aliphatic rings. The molecule has 0 saturated heterocycles. The van der Waals surface area contributed by atoms with Crippen molar-refractivity contribution in [3.05, 3.63) is 41.2 Å². The number of benzene rings is 1. The third-order valence-electron chi connectivity index (χ3n) is 2.31. The summed E-state index contributed by atoms with van der Waals surface area (Å²) < 4.78 is 1.81. The first kappa shape index (κ1) is 12.9. The van der Waals surface area contributed by atoms with E-state index in [4.69, 9.17) is 16.8 Å². The second kappa shape index (κ2) is 5.88. The van der Waals surface area contributed by atoms with Crippen LogP contribution in [-0.4, -0.2) is 31.4 Å². The van der Waals surface area contributed by atoms with Crippen molar-refractivity contribution in [3.63, 3.8) is 0 Å². The van der Waals surface area contributed by atoms with E-state index in [1.54, 1.807) is 18.5 Å². The van der Waals surface area contributed by atoms with Crippen molar-refractivity contribution in [3.8, 4) is 0 Å². The van der Waals surface area contributed by atoms with Gasteiger partial charge in [-0.15, -0.1) is 10.2 Å². The molecule has 2 aromatic rings. The molecule has 18 heavy (non-hydrogen) atoms. The number of thioether (sulfide) groups is 1. The Bertz CT molecular complexity index is 552. The molecule has 7 heteroatoms. The lowest BCUT2D eigenvalue weighted by atomic mass is 10.1. The molecule has 0 fully saturated rings. The molecule has 2 rings (SSSR count). The van der Waals surface area contributed by atoms with Crippen LogP contribution in [0.4, 0.5) is 0 Å². The summed E-state index contributed by atoms with van der Waals surface area (Å²) >= 11 is 7.26. The van der Waals surface area contributed by atoms with E-state index in [0.717, 1.165) is 10.7 Å². The summed E-state index contributed by atoms with van der Waals surface area (Å²) in [5.41, 5.74) is 1.40. The zero-order valence-corrected chi connectivity index (χ0v) is 11.2. The average molecular weight is 283 g/mol. The number of oxime groups is 1. The molecule has 0 unspecified atom stereocenters. The summed E-state index contributed by atoms with van der Waals surface area (Å²) in [7, 11) is 1.86. The fraction of sp³-hybridized carbons (Fsp3) is 0.182. The molecule has 0 saturated carbocycles. The molecule has 0 radical (unpaired) electrons. The summed E-state index contributed by atoms with van der Waals surface area (Å²) in [6, 6.07) is 7.15. The number of halogens is 1. The first-order valence-electron chi connectivity index (χ1n) is 5.14. The zero-order chi connectivity index (χ0) is 13.0. The van der Waals surface area contributed by atoms with Crippen molar-refractivity contribution in [2.75, 3.05) is 5.75 Å². The van der Waals surface area contributed by atoms with Gasteiger partial charge >= 0.3 is 0 Å². The lowest BCUT2D eigenvalue weighted by Gasteiger charge is -2.04. The Balaban J connectivity index is 2.07. The van der Waals surface area contributed by atoms with Crippen molar-refractivity contribution >= 4 is 29.1 Å². The van der Waals surface area contributed by atoms with Gasteiger partial charge in [0.1, 0.15) is 6.33 Å². The number of rotatable bonds is 4. The van der Waals surface area contributed by atoms with E-state index in [9.17, 15) is 0 Å². The third-order valence-corrected chi connectivity index (χ3v) is 3.60. The molecule has 0 spiro atoms. The number of aromatic nitrogens is 3. The van der Waals surface area contributed by atoms with Crippen LogP contribution in [0.15, 0.2) is 40.9 Å². The lowest BCUT2D eigenvalue weighted by Crippen LogP contribution is -2.05. The van der Waals surface area contributed by atoms with Gasteiger partial charge in [0.15, 0.2) is 5.16 Å². The smallest absolute Gasteiger partial charge is 0.191 e. The summed E-state index contributed by atoms with van der Waals surface area (Å²) in [5, 5.41) is 21.5. The van der Waals surface area contributed by atoms with Gasteiger partial charge in [0.2, 0.25) is 0 Å². The highest BCUT2D eigenvalue weighted by Gasteiger charge is 2.08. The Morgan fingerprint density at radius 3 is 2.72 bits per heavy atom. The van der Waals surface area contributed by atoms with Crippen LogP contribution in [-0.2, 0) is 7.05 Å². The molecule has 1 aromatic heterocycles. The SMILES string of the molecule is Cn1cnnc1SC/C(=N/O)c1ccc(Cl)cc1. The Hall–Kier alpha value is -1.53. The highest BCUT2D eigenvalue weighted by atomic mass is 35.5. The van der Waals surface area contributed by atoms with Crippen molar-refractivity contribution < 1.29 is 5.21 Å². The molecule has 1 heterocycles. The fourth-order valence-electron chi connectivity index (χ4n) is 1.35. The van der Waals surface area contributed by atoms with Gasteiger partial charge in [0.25, 0.3) is 0 Å². The van der Waals surface area contributed by atoms with Crippen LogP contribution >= 0.6 is 23.4 Å². The van der Waals surface area contributed by atoms with Crippen LogP contribution < -0.4 is 0 Å². The van der Waals surface area contributed by atoms with Crippen LogP contribution in [0.5, 0.6) is 0 Å². The van der Waals surface area contributed by atoms with E-state index in [2.05, 4.69) is 15.4 Å². The van der Waals surface area contributed by atoms with Gasteiger partial charge in [0.05, 0.1) is 5.71 Å². The predicted molar refractivity (Wildman–Crippen MR) is 71.5 cm³/mol. The first-order chi connectivity index (χ1) is 8.70. The van der Waals surface area contributed by atoms with E-state index in [1.165, 1.54) is 11.8 Å². The van der Waals surface area contributed by atoms with Crippen LogP contribution in [0, 0.1) is 0 Å². The van der Waals surface area contributed by atoms with Crippen molar-refractivity contribution in [2.24, 2.45) is 12.2 Å². The van der Waals surface area contributed by atoms with Gasteiger partial charge in [-0.05, 0) is 12.1 Å². The van der Waals surface area contributed by atoms with Gasteiger partial charge in [-0.2, -0.15) is 0 Å². The maximum absolute atomic E-state index is 9.05. The number of hydrogen-bond acceptors (Lipinski definition) is 5. The molecule has 1 N–H and O–H groups in total. The van der Waals surface area contributed by atoms with Crippen LogP contribution in [0.2, 0.25) is 5.02 Å². The highest BCUT2D eigenvalue weighted by molar-refractivity contribution is 7.99. The van der Waals surface area contributed by atoms with Crippen molar-refractivity contribution in [1.29, 1.82) is 0 Å². The van der Waals surface area contributed by atoms with Crippen molar-refractivity contribution in [2.45, 2.75) is 5.16 Å². The normalized spacial score (nSPS) is 11.8. The minimum atomic E-state index is 0.505. The predicted octanol–water partition coefficient (Wildman–Crippen LogP) is 2.44. The Morgan fingerprint density at radius 1 is 1.44 bits per heavy atom. The Kier molecular flexibility index (Phi) is 4.22. The van der Waals surface area contributed by atoms with Gasteiger partial charge in [-0.25, -0.2) is 0 Å². The first-order valence-corrected chi connectivity index (χ1v) is 6.50. The largest absolute Gasteiger partial charge is 0.411 e. The quantitative estimate of drug-likeness (QED) is 0.405. The molecular formula is C11H11ClN4OS. The van der Waals surface area contributed by atoms with Crippen molar-refractivity contribution in [1.82, 2.24) is 14.8 Å². The monoisotopic (exact) mass is 282 g/mol. The molecule has 0 aliphatic carbocycles. The van der Waals surface area contributed by atoms with E-state index in [1.807, 2.05) is 23.7 Å². The van der Waals surface area contributed by atoms with E-state index >= 15 is 0 Å².